The summed E-state index contributed by atoms with van der Waals surface area (Å²) < 4.78 is 5.37. The number of hydrogen-bond acceptors (Lipinski definition) is 5. The first kappa shape index (κ1) is 14.5. The van der Waals surface area contributed by atoms with Crippen molar-refractivity contribution in [3.05, 3.63) is 42.2 Å². The van der Waals surface area contributed by atoms with Crippen molar-refractivity contribution < 1.29 is 14.6 Å². The fourth-order valence-corrected chi connectivity index (χ4v) is 2.56. The maximum Gasteiger partial charge on any atom is 0.335 e. The smallest absolute Gasteiger partial charge is 0.335 e. The molecule has 0 bridgehead atoms. The second-order valence-corrected chi connectivity index (χ2v) is 5.24. The summed E-state index contributed by atoms with van der Waals surface area (Å²) in [5.41, 5.74) is 1.84. The van der Waals surface area contributed by atoms with Crippen molar-refractivity contribution in [3.8, 4) is 11.3 Å². The first-order valence-electron chi connectivity index (χ1n) is 7.11. The summed E-state index contributed by atoms with van der Waals surface area (Å²) in [7, 11) is 1.72. The number of anilines is 1. The summed E-state index contributed by atoms with van der Waals surface area (Å²) in [6.45, 7) is 1.71. The van der Waals surface area contributed by atoms with Crippen LogP contribution in [0.25, 0.3) is 11.3 Å². The van der Waals surface area contributed by atoms with E-state index >= 15 is 0 Å². The van der Waals surface area contributed by atoms with Gasteiger partial charge in [-0.15, -0.1) is 0 Å². The summed E-state index contributed by atoms with van der Waals surface area (Å²) in [6, 6.07) is 6.64. The Balaban J connectivity index is 1.83. The molecule has 0 unspecified atom stereocenters. The second kappa shape index (κ2) is 6.11. The first-order chi connectivity index (χ1) is 10.7. The molecule has 0 aliphatic carbocycles. The van der Waals surface area contributed by atoms with Crippen molar-refractivity contribution in [2.45, 2.75) is 12.5 Å². The number of carbonyl (C=O) groups is 1. The molecule has 1 saturated heterocycles. The van der Waals surface area contributed by atoms with E-state index < -0.39 is 5.97 Å². The zero-order valence-corrected chi connectivity index (χ0v) is 12.3. The Morgan fingerprint density at radius 2 is 2.09 bits per heavy atom. The van der Waals surface area contributed by atoms with Gasteiger partial charge in [-0.3, -0.25) is 4.98 Å². The van der Waals surface area contributed by atoms with E-state index in [1.165, 1.54) is 0 Å². The SMILES string of the molecule is CO[C@H]1CCN(c2cncc(-c3ccc(C(=O)O)cc3)n2)C1. The average molecular weight is 299 g/mol. The lowest BCUT2D eigenvalue weighted by atomic mass is 10.1. The molecule has 2 aromatic rings. The average Bonchev–Trinajstić information content (AvgIpc) is 3.04. The molecule has 1 N–H and O–H groups in total. The third kappa shape index (κ3) is 2.92. The van der Waals surface area contributed by atoms with Gasteiger partial charge in [0, 0.05) is 25.8 Å². The van der Waals surface area contributed by atoms with Gasteiger partial charge in [0.15, 0.2) is 0 Å². The minimum atomic E-state index is -0.936. The summed E-state index contributed by atoms with van der Waals surface area (Å²) in [5, 5.41) is 8.94. The lowest BCUT2D eigenvalue weighted by molar-refractivity contribution is 0.0697. The standard InChI is InChI=1S/C16H17N3O3/c1-22-13-6-7-19(10-13)15-9-17-8-14(18-15)11-2-4-12(5-3-11)16(20)21/h2-5,8-9,13H,6-7,10H2,1H3,(H,20,21)/t13-/m0/s1. The maximum absolute atomic E-state index is 10.9. The Kier molecular flexibility index (Phi) is 4.02. The van der Waals surface area contributed by atoms with Gasteiger partial charge in [0.1, 0.15) is 5.82 Å². The van der Waals surface area contributed by atoms with E-state index in [9.17, 15) is 4.79 Å². The molecule has 0 amide bonds. The third-order valence-corrected chi connectivity index (χ3v) is 3.85. The molecule has 22 heavy (non-hydrogen) atoms. The fourth-order valence-electron chi connectivity index (χ4n) is 2.56. The van der Waals surface area contributed by atoms with Crippen molar-refractivity contribution >= 4 is 11.8 Å². The minimum Gasteiger partial charge on any atom is -0.478 e. The minimum absolute atomic E-state index is 0.236. The number of aromatic nitrogens is 2. The van der Waals surface area contributed by atoms with E-state index in [1.807, 2.05) is 0 Å². The van der Waals surface area contributed by atoms with E-state index in [2.05, 4.69) is 14.9 Å². The number of benzene rings is 1. The predicted octanol–water partition coefficient (Wildman–Crippen LogP) is 2.07. The maximum atomic E-state index is 10.9. The van der Waals surface area contributed by atoms with Gasteiger partial charge in [0.25, 0.3) is 0 Å². The molecule has 1 aliphatic rings. The van der Waals surface area contributed by atoms with Crippen molar-refractivity contribution in [1.29, 1.82) is 0 Å². The summed E-state index contributed by atoms with van der Waals surface area (Å²) >= 11 is 0. The number of carboxylic acids is 1. The van der Waals surface area contributed by atoms with Gasteiger partial charge in [-0.2, -0.15) is 0 Å². The highest BCUT2D eigenvalue weighted by molar-refractivity contribution is 5.88. The van der Waals surface area contributed by atoms with Gasteiger partial charge >= 0.3 is 5.97 Å². The van der Waals surface area contributed by atoms with Crippen molar-refractivity contribution in [1.82, 2.24) is 9.97 Å². The predicted molar refractivity (Wildman–Crippen MR) is 82.1 cm³/mol. The van der Waals surface area contributed by atoms with Crippen LogP contribution < -0.4 is 4.90 Å². The van der Waals surface area contributed by atoms with Crippen LogP contribution in [0.2, 0.25) is 0 Å². The monoisotopic (exact) mass is 299 g/mol. The molecule has 0 saturated carbocycles. The van der Waals surface area contributed by atoms with Crippen LogP contribution in [0, 0.1) is 0 Å². The van der Waals surface area contributed by atoms with Crippen LogP contribution in [0.15, 0.2) is 36.7 Å². The number of aromatic carboxylic acids is 1. The topological polar surface area (TPSA) is 75.5 Å². The Bertz CT molecular complexity index is 673. The second-order valence-electron chi connectivity index (χ2n) is 5.24. The summed E-state index contributed by atoms with van der Waals surface area (Å²) in [4.78, 5) is 21.9. The van der Waals surface area contributed by atoms with E-state index in [0.29, 0.717) is 0 Å². The van der Waals surface area contributed by atoms with Crippen LogP contribution in [-0.4, -0.2) is 47.3 Å². The molecule has 2 heterocycles. The highest BCUT2D eigenvalue weighted by Crippen LogP contribution is 2.23. The molecule has 0 spiro atoms. The van der Waals surface area contributed by atoms with E-state index in [1.54, 1.807) is 43.8 Å². The van der Waals surface area contributed by atoms with Gasteiger partial charge < -0.3 is 14.7 Å². The van der Waals surface area contributed by atoms with Crippen LogP contribution in [0.5, 0.6) is 0 Å². The number of nitrogens with zero attached hydrogens (tertiary/aromatic N) is 3. The first-order valence-corrected chi connectivity index (χ1v) is 7.11. The van der Waals surface area contributed by atoms with Crippen LogP contribution in [0.4, 0.5) is 5.82 Å². The Hall–Kier alpha value is -2.47. The molecule has 1 aliphatic heterocycles. The molecule has 1 aromatic carbocycles. The number of rotatable bonds is 4. The van der Waals surface area contributed by atoms with Crippen LogP contribution in [-0.2, 0) is 4.74 Å². The molecule has 3 rings (SSSR count). The zero-order chi connectivity index (χ0) is 15.5. The molecule has 6 nitrogen and oxygen atoms in total. The van der Waals surface area contributed by atoms with Crippen LogP contribution in [0.3, 0.4) is 0 Å². The Morgan fingerprint density at radius 3 is 2.73 bits per heavy atom. The number of carboxylic acid groups (broad SMARTS) is 1. The van der Waals surface area contributed by atoms with Crippen molar-refractivity contribution in [2.24, 2.45) is 0 Å². The van der Waals surface area contributed by atoms with Gasteiger partial charge in [0.05, 0.1) is 29.8 Å². The molecule has 1 fully saturated rings. The number of hydrogen-bond donors (Lipinski definition) is 1. The lowest BCUT2D eigenvalue weighted by Gasteiger charge is -2.17. The summed E-state index contributed by atoms with van der Waals surface area (Å²) in [5.74, 6) is -0.117. The van der Waals surface area contributed by atoms with Gasteiger partial charge in [0.2, 0.25) is 0 Å². The largest absolute Gasteiger partial charge is 0.478 e. The van der Waals surface area contributed by atoms with Gasteiger partial charge in [-0.1, -0.05) is 12.1 Å². The number of methoxy groups -OCH3 is 1. The van der Waals surface area contributed by atoms with E-state index in [0.717, 1.165) is 36.6 Å². The number of ether oxygens (including phenoxy) is 1. The molecular formula is C16H17N3O3. The molecule has 1 atom stereocenters. The highest BCUT2D eigenvalue weighted by atomic mass is 16.5. The fraction of sp³-hybridized carbons (Fsp3) is 0.312. The van der Waals surface area contributed by atoms with Crippen molar-refractivity contribution in [2.75, 3.05) is 25.1 Å². The van der Waals surface area contributed by atoms with Gasteiger partial charge in [-0.25, -0.2) is 9.78 Å². The Morgan fingerprint density at radius 1 is 1.32 bits per heavy atom. The summed E-state index contributed by atoms with van der Waals surface area (Å²) in [6.07, 6.45) is 4.65. The molecular weight excluding hydrogens is 282 g/mol. The molecule has 114 valence electrons. The van der Waals surface area contributed by atoms with Gasteiger partial charge in [-0.05, 0) is 18.6 Å². The molecule has 6 heteroatoms. The molecule has 1 aromatic heterocycles. The van der Waals surface area contributed by atoms with E-state index in [-0.39, 0.29) is 11.7 Å². The lowest BCUT2D eigenvalue weighted by Crippen LogP contribution is -2.23. The van der Waals surface area contributed by atoms with Crippen LogP contribution >= 0.6 is 0 Å². The third-order valence-electron chi connectivity index (χ3n) is 3.85. The molecule has 0 radical (unpaired) electrons. The van der Waals surface area contributed by atoms with Crippen molar-refractivity contribution in [3.63, 3.8) is 0 Å². The normalized spacial score (nSPS) is 17.7. The van der Waals surface area contributed by atoms with Crippen LogP contribution in [0.1, 0.15) is 16.8 Å². The quantitative estimate of drug-likeness (QED) is 0.931. The Labute approximate surface area is 128 Å². The highest BCUT2D eigenvalue weighted by Gasteiger charge is 2.23. The van der Waals surface area contributed by atoms with E-state index in [4.69, 9.17) is 9.84 Å². The zero-order valence-electron chi connectivity index (χ0n) is 12.3.